The molecular formula is C9H14N2O. The quantitative estimate of drug-likeness (QED) is 0.561. The molecule has 1 amide bonds. The zero-order valence-corrected chi connectivity index (χ0v) is 7.31. The molecule has 1 rings (SSSR count). The second-order valence-corrected chi connectivity index (χ2v) is 2.79. The molecule has 1 aliphatic heterocycles. The maximum Gasteiger partial charge on any atom is 0.237 e. The van der Waals surface area contributed by atoms with Gasteiger partial charge in [-0.25, -0.2) is 0 Å². The van der Waals surface area contributed by atoms with Crippen LogP contribution in [0.4, 0.5) is 0 Å². The lowest BCUT2D eigenvalue weighted by Gasteiger charge is -2.08. The third-order valence-electron chi connectivity index (χ3n) is 1.90. The van der Waals surface area contributed by atoms with Gasteiger partial charge in [-0.3, -0.25) is 4.79 Å². The smallest absolute Gasteiger partial charge is 0.237 e. The third-order valence-corrected chi connectivity index (χ3v) is 1.90. The molecule has 2 N–H and O–H groups in total. The SMILES string of the molecule is CC#CCNC(=O)[C@@H]1CCCN1. The molecule has 0 unspecified atom stereocenters. The molecule has 1 aliphatic rings. The predicted molar refractivity (Wildman–Crippen MR) is 47.5 cm³/mol. The van der Waals surface area contributed by atoms with Gasteiger partial charge < -0.3 is 10.6 Å². The fourth-order valence-electron chi connectivity index (χ4n) is 1.25. The molecule has 0 aromatic carbocycles. The van der Waals surface area contributed by atoms with Crippen molar-refractivity contribution < 1.29 is 4.79 Å². The van der Waals surface area contributed by atoms with Gasteiger partial charge in [-0.1, -0.05) is 5.92 Å². The molecule has 0 bridgehead atoms. The topological polar surface area (TPSA) is 41.1 Å². The summed E-state index contributed by atoms with van der Waals surface area (Å²) in [7, 11) is 0. The molecule has 3 nitrogen and oxygen atoms in total. The van der Waals surface area contributed by atoms with Crippen molar-refractivity contribution in [2.75, 3.05) is 13.1 Å². The van der Waals surface area contributed by atoms with Crippen LogP contribution >= 0.6 is 0 Å². The number of rotatable bonds is 2. The van der Waals surface area contributed by atoms with Crippen molar-refractivity contribution in [3.8, 4) is 11.8 Å². The van der Waals surface area contributed by atoms with Crippen LogP contribution in [0.5, 0.6) is 0 Å². The van der Waals surface area contributed by atoms with E-state index in [1.807, 2.05) is 0 Å². The van der Waals surface area contributed by atoms with Crippen LogP contribution in [0.3, 0.4) is 0 Å². The highest BCUT2D eigenvalue weighted by Gasteiger charge is 2.20. The Morgan fingerprint density at radius 3 is 3.17 bits per heavy atom. The summed E-state index contributed by atoms with van der Waals surface area (Å²) in [6.07, 6.45) is 2.04. The number of nitrogens with one attached hydrogen (secondary N) is 2. The molecular weight excluding hydrogens is 152 g/mol. The molecule has 0 radical (unpaired) electrons. The Morgan fingerprint density at radius 1 is 1.75 bits per heavy atom. The largest absolute Gasteiger partial charge is 0.344 e. The maximum absolute atomic E-state index is 11.3. The van der Waals surface area contributed by atoms with Gasteiger partial charge in [-0.2, -0.15) is 0 Å². The molecule has 1 fully saturated rings. The van der Waals surface area contributed by atoms with Gasteiger partial charge in [0.15, 0.2) is 0 Å². The van der Waals surface area contributed by atoms with E-state index in [1.54, 1.807) is 6.92 Å². The lowest BCUT2D eigenvalue weighted by molar-refractivity contribution is -0.122. The molecule has 0 aromatic heterocycles. The molecule has 0 spiro atoms. The van der Waals surface area contributed by atoms with E-state index in [2.05, 4.69) is 22.5 Å². The predicted octanol–water partition coefficient (Wildman–Crippen LogP) is -0.122. The monoisotopic (exact) mass is 166 g/mol. The van der Waals surface area contributed by atoms with Gasteiger partial charge in [0.1, 0.15) is 0 Å². The first-order valence-electron chi connectivity index (χ1n) is 4.25. The standard InChI is InChI=1S/C9H14N2O/c1-2-3-6-11-9(12)8-5-4-7-10-8/h8,10H,4-7H2,1H3,(H,11,12)/t8-/m0/s1. The number of hydrogen-bond donors (Lipinski definition) is 2. The first kappa shape index (κ1) is 9.08. The Bertz CT molecular complexity index is 208. The Hall–Kier alpha value is -1.01. The fraction of sp³-hybridized carbons (Fsp3) is 0.667. The lowest BCUT2D eigenvalue weighted by atomic mass is 10.2. The Morgan fingerprint density at radius 2 is 2.58 bits per heavy atom. The minimum atomic E-state index is 0.0173. The van der Waals surface area contributed by atoms with Crippen LogP contribution in [0.2, 0.25) is 0 Å². The summed E-state index contributed by atoms with van der Waals surface area (Å²) in [5.74, 6) is 5.60. The highest BCUT2D eigenvalue weighted by molar-refractivity contribution is 5.82. The van der Waals surface area contributed by atoms with E-state index in [0.717, 1.165) is 19.4 Å². The van der Waals surface area contributed by atoms with Crippen molar-refractivity contribution in [3.05, 3.63) is 0 Å². The fourth-order valence-corrected chi connectivity index (χ4v) is 1.25. The van der Waals surface area contributed by atoms with Crippen LogP contribution in [0.1, 0.15) is 19.8 Å². The Labute approximate surface area is 72.9 Å². The zero-order valence-electron chi connectivity index (χ0n) is 7.31. The van der Waals surface area contributed by atoms with E-state index < -0.39 is 0 Å². The van der Waals surface area contributed by atoms with Gasteiger partial charge in [0.05, 0.1) is 12.6 Å². The van der Waals surface area contributed by atoms with Crippen molar-refractivity contribution in [2.45, 2.75) is 25.8 Å². The summed E-state index contributed by atoms with van der Waals surface area (Å²) < 4.78 is 0. The van der Waals surface area contributed by atoms with Gasteiger partial charge in [0.2, 0.25) is 5.91 Å². The van der Waals surface area contributed by atoms with Gasteiger partial charge in [0, 0.05) is 0 Å². The molecule has 1 heterocycles. The molecule has 0 aromatic rings. The van der Waals surface area contributed by atoms with Crippen molar-refractivity contribution in [2.24, 2.45) is 0 Å². The summed E-state index contributed by atoms with van der Waals surface area (Å²) in [6, 6.07) is 0.0173. The highest BCUT2D eigenvalue weighted by atomic mass is 16.2. The zero-order chi connectivity index (χ0) is 8.81. The molecule has 1 atom stereocenters. The van der Waals surface area contributed by atoms with E-state index in [4.69, 9.17) is 0 Å². The Balaban J connectivity index is 2.21. The summed E-state index contributed by atoms with van der Waals surface area (Å²) >= 11 is 0. The van der Waals surface area contributed by atoms with Crippen LogP contribution in [-0.4, -0.2) is 25.0 Å². The minimum absolute atomic E-state index is 0.0173. The van der Waals surface area contributed by atoms with E-state index >= 15 is 0 Å². The number of carbonyl (C=O) groups is 1. The Kier molecular flexibility index (Phi) is 3.62. The first-order chi connectivity index (χ1) is 5.84. The van der Waals surface area contributed by atoms with Gasteiger partial charge in [0.25, 0.3) is 0 Å². The summed E-state index contributed by atoms with van der Waals surface area (Å²) in [5, 5.41) is 5.87. The first-order valence-corrected chi connectivity index (χ1v) is 4.25. The number of hydrogen-bond acceptors (Lipinski definition) is 2. The lowest BCUT2D eigenvalue weighted by Crippen LogP contribution is -2.40. The number of amides is 1. The van der Waals surface area contributed by atoms with Crippen LogP contribution < -0.4 is 10.6 Å². The van der Waals surface area contributed by atoms with Crippen molar-refractivity contribution >= 4 is 5.91 Å². The third kappa shape index (κ3) is 2.55. The normalized spacial score (nSPS) is 21.2. The van der Waals surface area contributed by atoms with E-state index in [-0.39, 0.29) is 11.9 Å². The molecule has 1 saturated heterocycles. The van der Waals surface area contributed by atoms with Crippen LogP contribution in [0, 0.1) is 11.8 Å². The van der Waals surface area contributed by atoms with E-state index in [9.17, 15) is 4.79 Å². The van der Waals surface area contributed by atoms with Crippen LogP contribution in [-0.2, 0) is 4.79 Å². The van der Waals surface area contributed by atoms with Crippen LogP contribution in [0.15, 0.2) is 0 Å². The molecule has 0 aliphatic carbocycles. The van der Waals surface area contributed by atoms with Crippen LogP contribution in [0.25, 0.3) is 0 Å². The van der Waals surface area contributed by atoms with Crippen molar-refractivity contribution in [1.82, 2.24) is 10.6 Å². The average molecular weight is 166 g/mol. The second kappa shape index (κ2) is 4.78. The second-order valence-electron chi connectivity index (χ2n) is 2.79. The molecule has 0 saturated carbocycles. The molecule has 3 heteroatoms. The van der Waals surface area contributed by atoms with E-state index in [1.165, 1.54) is 0 Å². The summed E-state index contributed by atoms with van der Waals surface area (Å²) in [4.78, 5) is 11.3. The highest BCUT2D eigenvalue weighted by Crippen LogP contribution is 2.03. The van der Waals surface area contributed by atoms with E-state index in [0.29, 0.717) is 6.54 Å². The van der Waals surface area contributed by atoms with Crippen molar-refractivity contribution in [3.63, 3.8) is 0 Å². The average Bonchev–Trinajstić information content (AvgIpc) is 2.56. The summed E-state index contributed by atoms with van der Waals surface area (Å²) in [5.41, 5.74) is 0. The van der Waals surface area contributed by atoms with Crippen molar-refractivity contribution in [1.29, 1.82) is 0 Å². The number of carbonyl (C=O) groups excluding carboxylic acids is 1. The summed E-state index contributed by atoms with van der Waals surface area (Å²) in [6.45, 7) is 3.19. The molecule has 66 valence electrons. The molecule has 12 heavy (non-hydrogen) atoms. The minimum Gasteiger partial charge on any atom is -0.344 e. The van der Waals surface area contributed by atoms with Gasteiger partial charge in [-0.05, 0) is 26.3 Å². The van der Waals surface area contributed by atoms with Gasteiger partial charge in [-0.15, -0.1) is 5.92 Å². The maximum atomic E-state index is 11.3. The van der Waals surface area contributed by atoms with Gasteiger partial charge >= 0.3 is 0 Å².